The minimum Gasteiger partial charge on any atom is -0.369 e. The Bertz CT molecular complexity index is 429. The molecule has 1 aliphatic heterocycles. The van der Waals surface area contributed by atoms with E-state index in [1.54, 1.807) is 6.92 Å². The maximum absolute atomic E-state index is 12.8. The number of hydrogen-bond donors (Lipinski definition) is 1. The van der Waals surface area contributed by atoms with Crippen LogP contribution < -0.4 is 10.2 Å². The molecular weight excluding hydrogens is 241 g/mol. The average Bonchev–Trinajstić information content (AvgIpc) is 2.27. The maximum atomic E-state index is 12.8. The molecular formula is C13H17F3N2. The zero-order chi connectivity index (χ0) is 13.3. The third-order valence-corrected chi connectivity index (χ3v) is 3.12. The van der Waals surface area contributed by atoms with Crippen LogP contribution in [0.5, 0.6) is 0 Å². The fourth-order valence-electron chi connectivity index (χ4n) is 2.28. The van der Waals surface area contributed by atoms with E-state index in [0.717, 1.165) is 19.6 Å². The third-order valence-electron chi connectivity index (χ3n) is 3.12. The molecule has 0 bridgehead atoms. The number of hydrogen-bond acceptors (Lipinski definition) is 2. The van der Waals surface area contributed by atoms with E-state index in [2.05, 4.69) is 5.32 Å². The zero-order valence-electron chi connectivity index (χ0n) is 10.5. The number of piperazine rings is 1. The predicted molar refractivity (Wildman–Crippen MR) is 65.9 cm³/mol. The standard InChI is InChI=1S/C13H17F3N2/c1-9-5-11(13(14,15)16)7-12(6-9)18-4-3-17-10(2)8-18/h5-7,10,17H,3-4,8H2,1-2H3/t10-/m1/s1. The van der Waals surface area contributed by atoms with Crippen LogP contribution >= 0.6 is 0 Å². The van der Waals surface area contributed by atoms with Gasteiger partial charge in [-0.1, -0.05) is 0 Å². The van der Waals surface area contributed by atoms with E-state index < -0.39 is 11.7 Å². The maximum Gasteiger partial charge on any atom is 0.416 e. The van der Waals surface area contributed by atoms with Gasteiger partial charge in [-0.15, -0.1) is 0 Å². The molecule has 1 fully saturated rings. The Balaban J connectivity index is 2.30. The average molecular weight is 258 g/mol. The lowest BCUT2D eigenvalue weighted by Crippen LogP contribution is -2.49. The largest absolute Gasteiger partial charge is 0.416 e. The van der Waals surface area contributed by atoms with Crippen molar-refractivity contribution in [3.8, 4) is 0 Å². The van der Waals surface area contributed by atoms with Gasteiger partial charge >= 0.3 is 6.18 Å². The van der Waals surface area contributed by atoms with Crippen LogP contribution in [0.15, 0.2) is 18.2 Å². The SMILES string of the molecule is Cc1cc(N2CCN[C@H](C)C2)cc(C(F)(F)F)c1. The van der Waals surface area contributed by atoms with Crippen LogP contribution in [-0.4, -0.2) is 25.7 Å². The van der Waals surface area contributed by atoms with Gasteiger partial charge in [0.1, 0.15) is 0 Å². The first-order valence-electron chi connectivity index (χ1n) is 6.03. The fraction of sp³-hybridized carbons (Fsp3) is 0.538. The summed E-state index contributed by atoms with van der Waals surface area (Å²) in [6, 6.07) is 4.54. The summed E-state index contributed by atoms with van der Waals surface area (Å²) in [6.07, 6.45) is -4.28. The lowest BCUT2D eigenvalue weighted by atomic mass is 10.1. The van der Waals surface area contributed by atoms with E-state index in [1.807, 2.05) is 17.9 Å². The van der Waals surface area contributed by atoms with E-state index in [9.17, 15) is 13.2 Å². The zero-order valence-corrected chi connectivity index (χ0v) is 10.5. The Kier molecular flexibility index (Phi) is 3.52. The summed E-state index contributed by atoms with van der Waals surface area (Å²) >= 11 is 0. The molecule has 2 rings (SSSR count). The summed E-state index contributed by atoms with van der Waals surface area (Å²) in [4.78, 5) is 2.00. The first-order chi connectivity index (χ1) is 8.36. The molecule has 1 saturated heterocycles. The summed E-state index contributed by atoms with van der Waals surface area (Å²) < 4.78 is 38.3. The van der Waals surface area contributed by atoms with E-state index in [1.165, 1.54) is 12.1 Å². The number of anilines is 1. The highest BCUT2D eigenvalue weighted by Crippen LogP contribution is 2.33. The molecule has 0 amide bonds. The molecule has 1 heterocycles. The highest BCUT2D eigenvalue weighted by atomic mass is 19.4. The van der Waals surface area contributed by atoms with Gasteiger partial charge in [0, 0.05) is 31.4 Å². The Labute approximate surface area is 105 Å². The summed E-state index contributed by atoms with van der Waals surface area (Å²) in [5.74, 6) is 0. The minimum absolute atomic E-state index is 0.300. The highest BCUT2D eigenvalue weighted by molar-refractivity contribution is 5.52. The summed E-state index contributed by atoms with van der Waals surface area (Å²) in [6.45, 7) is 6.01. The second kappa shape index (κ2) is 4.80. The predicted octanol–water partition coefficient (Wildman–Crippen LogP) is 2.81. The van der Waals surface area contributed by atoms with Crippen molar-refractivity contribution in [2.24, 2.45) is 0 Å². The molecule has 18 heavy (non-hydrogen) atoms. The van der Waals surface area contributed by atoms with Crippen LogP contribution in [0.4, 0.5) is 18.9 Å². The quantitative estimate of drug-likeness (QED) is 0.833. The van der Waals surface area contributed by atoms with Crippen LogP contribution in [-0.2, 0) is 6.18 Å². The number of aryl methyl sites for hydroxylation is 1. The van der Waals surface area contributed by atoms with E-state index in [0.29, 0.717) is 17.3 Å². The number of nitrogens with one attached hydrogen (secondary N) is 1. The van der Waals surface area contributed by atoms with Crippen molar-refractivity contribution in [2.45, 2.75) is 26.1 Å². The van der Waals surface area contributed by atoms with Crippen molar-refractivity contribution in [1.29, 1.82) is 0 Å². The van der Waals surface area contributed by atoms with Crippen LogP contribution in [0, 0.1) is 6.92 Å². The molecule has 1 aromatic carbocycles. The second-order valence-electron chi connectivity index (χ2n) is 4.86. The number of benzene rings is 1. The smallest absolute Gasteiger partial charge is 0.369 e. The van der Waals surface area contributed by atoms with Gasteiger partial charge in [0.15, 0.2) is 0 Å². The molecule has 0 aromatic heterocycles. The molecule has 5 heteroatoms. The van der Waals surface area contributed by atoms with Crippen molar-refractivity contribution in [3.05, 3.63) is 29.3 Å². The molecule has 0 spiro atoms. The molecule has 0 aliphatic carbocycles. The van der Waals surface area contributed by atoms with Gasteiger partial charge in [-0.05, 0) is 37.6 Å². The summed E-state index contributed by atoms with van der Waals surface area (Å²) in [7, 11) is 0. The minimum atomic E-state index is -4.28. The van der Waals surface area contributed by atoms with Gasteiger partial charge < -0.3 is 10.2 Å². The Hall–Kier alpha value is -1.23. The fourth-order valence-corrected chi connectivity index (χ4v) is 2.28. The second-order valence-corrected chi connectivity index (χ2v) is 4.86. The van der Waals surface area contributed by atoms with Crippen molar-refractivity contribution in [2.75, 3.05) is 24.5 Å². The molecule has 1 atom stereocenters. The number of nitrogens with zero attached hydrogens (tertiary/aromatic N) is 1. The normalized spacial score (nSPS) is 21.2. The molecule has 1 aromatic rings. The topological polar surface area (TPSA) is 15.3 Å². The molecule has 0 saturated carbocycles. The van der Waals surface area contributed by atoms with Crippen molar-refractivity contribution in [3.63, 3.8) is 0 Å². The molecule has 100 valence electrons. The van der Waals surface area contributed by atoms with Crippen molar-refractivity contribution in [1.82, 2.24) is 5.32 Å². The Morgan fingerprint density at radius 2 is 2.00 bits per heavy atom. The molecule has 1 N–H and O–H groups in total. The highest BCUT2D eigenvalue weighted by Gasteiger charge is 2.31. The van der Waals surface area contributed by atoms with Crippen LogP contribution in [0.2, 0.25) is 0 Å². The van der Waals surface area contributed by atoms with Crippen LogP contribution in [0.3, 0.4) is 0 Å². The van der Waals surface area contributed by atoms with Gasteiger partial charge in [-0.25, -0.2) is 0 Å². The third kappa shape index (κ3) is 2.96. The first kappa shape index (κ1) is 13.2. The van der Waals surface area contributed by atoms with Gasteiger partial charge in [-0.2, -0.15) is 13.2 Å². The lowest BCUT2D eigenvalue weighted by Gasteiger charge is -2.34. The van der Waals surface area contributed by atoms with Crippen molar-refractivity contribution >= 4 is 5.69 Å². The van der Waals surface area contributed by atoms with Crippen molar-refractivity contribution < 1.29 is 13.2 Å². The van der Waals surface area contributed by atoms with Gasteiger partial charge in [0.05, 0.1) is 5.56 Å². The molecule has 0 unspecified atom stereocenters. The molecule has 1 aliphatic rings. The Morgan fingerprint density at radius 1 is 1.28 bits per heavy atom. The summed E-state index contributed by atoms with van der Waals surface area (Å²) in [5.41, 5.74) is 0.741. The van der Waals surface area contributed by atoms with E-state index in [4.69, 9.17) is 0 Å². The monoisotopic (exact) mass is 258 g/mol. The van der Waals surface area contributed by atoms with Gasteiger partial charge in [0.2, 0.25) is 0 Å². The number of alkyl halides is 3. The Morgan fingerprint density at radius 3 is 2.61 bits per heavy atom. The van der Waals surface area contributed by atoms with E-state index >= 15 is 0 Å². The molecule has 0 radical (unpaired) electrons. The molecule has 2 nitrogen and oxygen atoms in total. The van der Waals surface area contributed by atoms with Gasteiger partial charge in [-0.3, -0.25) is 0 Å². The summed E-state index contributed by atoms with van der Waals surface area (Å²) in [5, 5.41) is 3.28. The van der Waals surface area contributed by atoms with Crippen LogP contribution in [0.25, 0.3) is 0 Å². The van der Waals surface area contributed by atoms with E-state index in [-0.39, 0.29) is 0 Å². The lowest BCUT2D eigenvalue weighted by molar-refractivity contribution is -0.137. The number of rotatable bonds is 1. The number of halogens is 3. The first-order valence-corrected chi connectivity index (χ1v) is 6.03. The van der Waals surface area contributed by atoms with Crippen LogP contribution in [0.1, 0.15) is 18.1 Å². The van der Waals surface area contributed by atoms with Gasteiger partial charge in [0.25, 0.3) is 0 Å².